The molecule has 2 aromatic rings. The van der Waals surface area contributed by atoms with Gasteiger partial charge in [0, 0.05) is 6.54 Å². The topological polar surface area (TPSA) is 71.4 Å². The Kier molecular flexibility index (Phi) is 3.73. The number of hydrogen-bond donors (Lipinski definition) is 2. The van der Waals surface area contributed by atoms with Crippen molar-refractivity contribution in [1.29, 1.82) is 0 Å². The highest BCUT2D eigenvalue weighted by Gasteiger charge is 2.07. The molecule has 6 nitrogen and oxygen atoms in total. The molecule has 1 aromatic heterocycles. The molecule has 0 unspecified atom stereocenters. The van der Waals surface area contributed by atoms with E-state index < -0.39 is 0 Å². The molecule has 1 aromatic carbocycles. The molecule has 0 radical (unpaired) electrons. The fraction of sp³-hybridized carbons (Fsp3) is 0.214. The number of ether oxygens (including phenoxy) is 1. The van der Waals surface area contributed by atoms with Gasteiger partial charge in [-0.25, -0.2) is 0 Å². The van der Waals surface area contributed by atoms with E-state index in [1.807, 2.05) is 30.3 Å². The Balaban J connectivity index is 1.62. The van der Waals surface area contributed by atoms with Gasteiger partial charge in [-0.05, 0) is 5.56 Å². The maximum absolute atomic E-state index is 5.62. The van der Waals surface area contributed by atoms with Crippen molar-refractivity contribution < 1.29 is 4.74 Å². The zero-order chi connectivity index (χ0) is 13.6. The molecule has 6 heteroatoms. The van der Waals surface area contributed by atoms with Gasteiger partial charge in [-0.3, -0.25) is 9.98 Å². The Labute approximate surface area is 116 Å². The second kappa shape index (κ2) is 6.01. The number of hydrogen-bond acceptors (Lipinski definition) is 6. The van der Waals surface area contributed by atoms with Gasteiger partial charge in [-0.15, -0.1) is 0 Å². The van der Waals surface area contributed by atoms with E-state index in [-0.39, 0.29) is 0 Å². The lowest BCUT2D eigenvalue weighted by Gasteiger charge is -2.08. The Hall–Kier alpha value is -2.63. The van der Waals surface area contributed by atoms with E-state index in [1.54, 1.807) is 12.4 Å². The minimum absolute atomic E-state index is 0.470. The van der Waals surface area contributed by atoms with Crippen LogP contribution in [0.5, 0.6) is 5.88 Å². The quantitative estimate of drug-likeness (QED) is 0.878. The molecule has 102 valence electrons. The van der Waals surface area contributed by atoms with Crippen LogP contribution < -0.4 is 15.4 Å². The van der Waals surface area contributed by atoms with Crippen LogP contribution in [0.15, 0.2) is 47.7 Å². The predicted octanol–water partition coefficient (Wildman–Crippen LogP) is 1.43. The largest absolute Gasteiger partial charge is 0.472 e. The summed E-state index contributed by atoms with van der Waals surface area (Å²) in [5.74, 6) is 1.82. The Bertz CT molecular complexity index is 600. The van der Waals surface area contributed by atoms with E-state index in [0.717, 1.165) is 24.6 Å². The van der Waals surface area contributed by atoms with Gasteiger partial charge in [0.25, 0.3) is 0 Å². The summed E-state index contributed by atoms with van der Waals surface area (Å²) >= 11 is 0. The molecule has 0 saturated heterocycles. The molecule has 3 rings (SSSR count). The van der Waals surface area contributed by atoms with Crippen molar-refractivity contribution in [2.24, 2.45) is 4.99 Å². The summed E-state index contributed by atoms with van der Waals surface area (Å²) in [4.78, 5) is 12.7. The van der Waals surface area contributed by atoms with Gasteiger partial charge in [0.15, 0.2) is 11.8 Å². The minimum atomic E-state index is 0.470. The fourth-order valence-corrected chi connectivity index (χ4v) is 1.81. The standard InChI is InChI=1S/C14H15N5O/c1-2-4-11(5-3-1)10-20-13-9-15-8-12(18-13)19-14-16-6-7-17-14/h1-5,8-9H,6-7,10H2,(H2,16,17,18,19). The van der Waals surface area contributed by atoms with Crippen LogP contribution in [0.2, 0.25) is 0 Å². The van der Waals surface area contributed by atoms with E-state index in [1.165, 1.54) is 0 Å². The summed E-state index contributed by atoms with van der Waals surface area (Å²) in [5.41, 5.74) is 1.09. The second-order valence-corrected chi connectivity index (χ2v) is 4.30. The predicted molar refractivity (Wildman–Crippen MR) is 76.7 cm³/mol. The number of aliphatic imine (C=N–C) groups is 1. The van der Waals surface area contributed by atoms with E-state index in [2.05, 4.69) is 25.6 Å². The lowest BCUT2D eigenvalue weighted by Crippen LogP contribution is -2.26. The van der Waals surface area contributed by atoms with Crippen LogP contribution in [0.4, 0.5) is 5.82 Å². The SMILES string of the molecule is c1ccc(COc2cncc(NC3=NCCN3)n2)cc1. The molecule has 0 atom stereocenters. The number of guanidine groups is 1. The number of benzene rings is 1. The number of nitrogens with one attached hydrogen (secondary N) is 2. The fourth-order valence-electron chi connectivity index (χ4n) is 1.81. The molecule has 20 heavy (non-hydrogen) atoms. The van der Waals surface area contributed by atoms with E-state index in [9.17, 15) is 0 Å². The van der Waals surface area contributed by atoms with Gasteiger partial charge in [0.1, 0.15) is 6.61 Å². The van der Waals surface area contributed by atoms with Crippen LogP contribution in [0.3, 0.4) is 0 Å². The second-order valence-electron chi connectivity index (χ2n) is 4.30. The zero-order valence-electron chi connectivity index (χ0n) is 10.9. The van der Waals surface area contributed by atoms with Crippen LogP contribution in [-0.2, 0) is 6.61 Å². The first-order valence-corrected chi connectivity index (χ1v) is 6.44. The van der Waals surface area contributed by atoms with Gasteiger partial charge < -0.3 is 15.4 Å². The van der Waals surface area contributed by atoms with Crippen molar-refractivity contribution in [3.63, 3.8) is 0 Å². The Morgan fingerprint density at radius 1 is 1.20 bits per heavy atom. The summed E-state index contributed by atoms with van der Waals surface area (Å²) in [6.45, 7) is 2.10. The zero-order valence-corrected chi connectivity index (χ0v) is 10.9. The number of anilines is 1. The van der Waals surface area contributed by atoms with Crippen LogP contribution >= 0.6 is 0 Å². The smallest absolute Gasteiger partial charge is 0.234 e. The number of rotatable bonds is 4. The van der Waals surface area contributed by atoms with Crippen molar-refractivity contribution in [3.05, 3.63) is 48.3 Å². The molecule has 0 spiro atoms. The number of nitrogens with zero attached hydrogens (tertiary/aromatic N) is 3. The number of aromatic nitrogens is 2. The summed E-state index contributed by atoms with van der Waals surface area (Å²) in [6.07, 6.45) is 3.23. The Morgan fingerprint density at radius 3 is 2.90 bits per heavy atom. The molecule has 0 saturated carbocycles. The van der Waals surface area contributed by atoms with Gasteiger partial charge in [-0.2, -0.15) is 4.98 Å². The van der Waals surface area contributed by atoms with Crippen molar-refractivity contribution in [2.45, 2.75) is 6.61 Å². The van der Waals surface area contributed by atoms with Crippen molar-refractivity contribution in [2.75, 3.05) is 18.4 Å². The van der Waals surface area contributed by atoms with Crippen molar-refractivity contribution in [1.82, 2.24) is 15.3 Å². The van der Waals surface area contributed by atoms with Gasteiger partial charge in [-0.1, -0.05) is 30.3 Å². The maximum Gasteiger partial charge on any atom is 0.234 e. The lowest BCUT2D eigenvalue weighted by molar-refractivity contribution is 0.293. The lowest BCUT2D eigenvalue weighted by atomic mass is 10.2. The molecule has 0 bridgehead atoms. The van der Waals surface area contributed by atoms with Gasteiger partial charge in [0.2, 0.25) is 5.88 Å². The molecule has 1 aliphatic heterocycles. The first-order chi connectivity index (χ1) is 9.90. The van der Waals surface area contributed by atoms with Crippen molar-refractivity contribution in [3.8, 4) is 5.88 Å². The van der Waals surface area contributed by atoms with Crippen LogP contribution in [0.25, 0.3) is 0 Å². The van der Waals surface area contributed by atoms with E-state index >= 15 is 0 Å². The molecular weight excluding hydrogens is 254 g/mol. The van der Waals surface area contributed by atoms with Gasteiger partial charge in [0.05, 0.1) is 18.9 Å². The molecule has 0 aliphatic carbocycles. The third-order valence-corrected chi connectivity index (χ3v) is 2.76. The van der Waals surface area contributed by atoms with Crippen LogP contribution in [0.1, 0.15) is 5.56 Å². The minimum Gasteiger partial charge on any atom is -0.472 e. The summed E-state index contributed by atoms with van der Waals surface area (Å²) in [7, 11) is 0. The average molecular weight is 269 g/mol. The van der Waals surface area contributed by atoms with Crippen LogP contribution in [0, 0.1) is 0 Å². The van der Waals surface area contributed by atoms with Crippen LogP contribution in [-0.4, -0.2) is 29.0 Å². The summed E-state index contributed by atoms with van der Waals surface area (Å²) in [5, 5.41) is 6.18. The van der Waals surface area contributed by atoms with Crippen molar-refractivity contribution >= 4 is 11.8 Å². The monoisotopic (exact) mass is 269 g/mol. The third-order valence-electron chi connectivity index (χ3n) is 2.76. The first kappa shape index (κ1) is 12.4. The molecule has 2 heterocycles. The Morgan fingerprint density at radius 2 is 2.10 bits per heavy atom. The molecule has 0 amide bonds. The molecular formula is C14H15N5O. The summed E-state index contributed by atoms with van der Waals surface area (Å²) < 4.78 is 5.62. The molecule has 1 aliphatic rings. The van der Waals surface area contributed by atoms with E-state index in [4.69, 9.17) is 4.74 Å². The normalized spacial score (nSPS) is 13.5. The summed E-state index contributed by atoms with van der Waals surface area (Å²) in [6, 6.07) is 9.95. The highest BCUT2D eigenvalue weighted by molar-refractivity contribution is 5.93. The molecule has 0 fully saturated rings. The maximum atomic E-state index is 5.62. The average Bonchev–Trinajstić information content (AvgIpc) is 3.00. The molecule has 2 N–H and O–H groups in total. The van der Waals surface area contributed by atoms with E-state index in [0.29, 0.717) is 18.3 Å². The van der Waals surface area contributed by atoms with Gasteiger partial charge >= 0.3 is 0 Å². The first-order valence-electron chi connectivity index (χ1n) is 6.44. The highest BCUT2D eigenvalue weighted by atomic mass is 16.5. The highest BCUT2D eigenvalue weighted by Crippen LogP contribution is 2.11. The third kappa shape index (κ3) is 3.23.